The predicted octanol–water partition coefficient (Wildman–Crippen LogP) is 3.73. The van der Waals surface area contributed by atoms with Crippen molar-refractivity contribution in [1.82, 2.24) is 34.6 Å². The predicted molar refractivity (Wildman–Crippen MR) is 146 cm³/mol. The first-order chi connectivity index (χ1) is 18.4. The normalized spacial score (nSPS) is 20.2. The van der Waals surface area contributed by atoms with E-state index in [0.29, 0.717) is 25.6 Å². The fourth-order valence-electron chi connectivity index (χ4n) is 6.25. The third-order valence-electron chi connectivity index (χ3n) is 8.10. The molecule has 0 bridgehead atoms. The highest BCUT2D eigenvalue weighted by atomic mass is 16.4. The molecule has 2 aromatic heterocycles. The number of H-pyrrole nitrogens is 2. The molecule has 4 heterocycles. The molecule has 0 aliphatic carbocycles. The zero-order valence-electron chi connectivity index (χ0n) is 22.6. The Morgan fingerprint density at radius 2 is 1.63 bits per heavy atom. The Hall–Kier alpha value is -3.01. The second-order valence-corrected chi connectivity index (χ2v) is 11.7. The largest absolute Gasteiger partial charge is 0.480 e. The van der Waals surface area contributed by atoms with Crippen LogP contribution in [0.2, 0.25) is 0 Å². The van der Waals surface area contributed by atoms with E-state index >= 15 is 0 Å². The van der Waals surface area contributed by atoms with E-state index < -0.39 is 12.0 Å². The molecule has 0 amide bonds. The molecule has 5 rings (SSSR count). The number of carboxylic acids is 1. The van der Waals surface area contributed by atoms with Crippen LogP contribution in [0.25, 0.3) is 0 Å². The number of imidazole rings is 2. The van der Waals surface area contributed by atoms with Gasteiger partial charge in [0.05, 0.1) is 13.1 Å². The molecule has 2 aliphatic heterocycles. The lowest BCUT2D eigenvalue weighted by molar-refractivity contribution is -0.142. The summed E-state index contributed by atoms with van der Waals surface area (Å²) in [6.07, 6.45) is 10.2. The van der Waals surface area contributed by atoms with Gasteiger partial charge in [-0.2, -0.15) is 0 Å². The minimum absolute atomic E-state index is 0.134. The van der Waals surface area contributed by atoms with Crippen LogP contribution >= 0.6 is 0 Å². The summed E-state index contributed by atoms with van der Waals surface area (Å²) in [5.41, 5.74) is 2.50. The monoisotopic (exact) mass is 519 g/mol. The van der Waals surface area contributed by atoms with Gasteiger partial charge in [0.2, 0.25) is 0 Å². The molecular weight excluding hydrogens is 478 g/mol. The van der Waals surface area contributed by atoms with Gasteiger partial charge in [0.1, 0.15) is 17.7 Å². The average molecular weight is 520 g/mol. The minimum Gasteiger partial charge on any atom is -0.480 e. The van der Waals surface area contributed by atoms with Gasteiger partial charge in [0.25, 0.3) is 0 Å². The second-order valence-electron chi connectivity index (χ2n) is 11.7. The molecule has 2 fully saturated rings. The highest BCUT2D eigenvalue weighted by molar-refractivity contribution is 5.74. The third-order valence-corrected chi connectivity index (χ3v) is 8.10. The van der Waals surface area contributed by atoms with Crippen molar-refractivity contribution in [2.24, 2.45) is 11.3 Å². The molecule has 2 aliphatic rings. The van der Waals surface area contributed by atoms with Crippen LogP contribution < -0.4 is 0 Å². The molecule has 1 aromatic carbocycles. The highest BCUT2D eigenvalue weighted by Gasteiger charge is 2.47. The molecule has 0 radical (unpaired) electrons. The van der Waals surface area contributed by atoms with E-state index in [1.54, 1.807) is 12.4 Å². The first-order valence-electron chi connectivity index (χ1n) is 13.8. The summed E-state index contributed by atoms with van der Waals surface area (Å²) >= 11 is 0. The van der Waals surface area contributed by atoms with Crippen molar-refractivity contribution >= 4 is 5.97 Å². The Labute approximate surface area is 225 Å². The van der Waals surface area contributed by atoms with Gasteiger partial charge in [-0.1, -0.05) is 38.1 Å². The third kappa shape index (κ3) is 6.70. The number of hydrogen-bond donors (Lipinski definition) is 3. The number of rotatable bonds is 11. The number of benzene rings is 1. The molecule has 0 saturated carbocycles. The van der Waals surface area contributed by atoms with E-state index in [1.165, 1.54) is 5.56 Å². The Kier molecular flexibility index (Phi) is 8.26. The number of piperidine rings is 1. The lowest BCUT2D eigenvalue weighted by Gasteiger charge is -2.40. The van der Waals surface area contributed by atoms with Crippen molar-refractivity contribution in [3.63, 3.8) is 0 Å². The number of nitrogens with one attached hydrogen (secondary N) is 2. The van der Waals surface area contributed by atoms with E-state index in [2.05, 4.69) is 72.7 Å². The van der Waals surface area contributed by atoms with E-state index in [9.17, 15) is 9.90 Å². The Morgan fingerprint density at radius 3 is 2.16 bits per heavy atom. The van der Waals surface area contributed by atoms with Gasteiger partial charge < -0.3 is 20.0 Å². The number of likely N-dealkylation sites (tertiary alicyclic amines) is 2. The number of carboxylic acid groups (broad SMARTS) is 1. The summed E-state index contributed by atoms with van der Waals surface area (Å²) in [5.74, 6) is 1.83. The summed E-state index contributed by atoms with van der Waals surface area (Å²) in [7, 11) is 0. The standard InChI is InChI=1S/C29H41N7O2/c1-22(2)16-34-13-7-29(8-14-34)15-25(28(37)38)36(21-29)18-24-5-3-23(4-6-24)17-35(19-26-30-9-10-31-26)20-27-32-11-12-33-27/h3-6,9-12,22,25H,7-8,13-21H2,1-2H3,(H,30,31)(H,32,33)(H,37,38)/t25-/m1/s1. The average Bonchev–Trinajstić information content (AvgIpc) is 3.65. The molecule has 3 aromatic rings. The molecule has 2 saturated heterocycles. The molecule has 3 N–H and O–H groups in total. The minimum atomic E-state index is -0.686. The van der Waals surface area contributed by atoms with E-state index in [4.69, 9.17) is 0 Å². The molecular formula is C29H41N7O2. The van der Waals surface area contributed by atoms with Gasteiger partial charge in [-0.25, -0.2) is 9.97 Å². The molecule has 0 unspecified atom stereocenters. The summed E-state index contributed by atoms with van der Waals surface area (Å²) in [6, 6.07) is 8.24. The van der Waals surface area contributed by atoms with Crippen molar-refractivity contribution in [2.75, 3.05) is 26.2 Å². The van der Waals surface area contributed by atoms with Crippen LogP contribution in [-0.2, 0) is 31.0 Å². The van der Waals surface area contributed by atoms with Crippen molar-refractivity contribution < 1.29 is 9.90 Å². The maximum absolute atomic E-state index is 12.2. The van der Waals surface area contributed by atoms with Crippen molar-refractivity contribution in [2.45, 2.75) is 65.3 Å². The van der Waals surface area contributed by atoms with Crippen LogP contribution in [-0.4, -0.2) is 77.9 Å². The molecule has 204 valence electrons. The number of aliphatic carboxylic acids is 1. The lowest BCUT2D eigenvalue weighted by atomic mass is 9.76. The lowest BCUT2D eigenvalue weighted by Crippen LogP contribution is -2.42. The molecule has 9 nitrogen and oxygen atoms in total. The quantitative estimate of drug-likeness (QED) is 0.355. The molecule has 1 atom stereocenters. The number of hydrogen-bond acceptors (Lipinski definition) is 6. The maximum Gasteiger partial charge on any atom is 0.320 e. The Morgan fingerprint density at radius 1 is 1.03 bits per heavy atom. The maximum atomic E-state index is 12.2. The number of aromatic amines is 2. The van der Waals surface area contributed by atoms with Gasteiger partial charge in [0.15, 0.2) is 0 Å². The fourth-order valence-corrected chi connectivity index (χ4v) is 6.25. The van der Waals surface area contributed by atoms with Crippen LogP contribution in [0.15, 0.2) is 49.1 Å². The van der Waals surface area contributed by atoms with Crippen LogP contribution in [0.1, 0.15) is 55.9 Å². The molecule has 38 heavy (non-hydrogen) atoms. The van der Waals surface area contributed by atoms with Crippen LogP contribution in [0, 0.1) is 11.3 Å². The Bertz CT molecular complexity index is 1100. The van der Waals surface area contributed by atoms with Crippen molar-refractivity contribution in [3.8, 4) is 0 Å². The number of nitrogens with zero attached hydrogens (tertiary/aromatic N) is 5. The van der Waals surface area contributed by atoms with E-state index in [-0.39, 0.29) is 5.41 Å². The van der Waals surface area contributed by atoms with Crippen LogP contribution in [0.3, 0.4) is 0 Å². The first-order valence-corrected chi connectivity index (χ1v) is 13.8. The van der Waals surface area contributed by atoms with E-state index in [1.807, 2.05) is 12.4 Å². The van der Waals surface area contributed by atoms with E-state index in [0.717, 1.165) is 69.2 Å². The van der Waals surface area contributed by atoms with Gasteiger partial charge in [-0.15, -0.1) is 0 Å². The van der Waals surface area contributed by atoms with Gasteiger partial charge >= 0.3 is 5.97 Å². The summed E-state index contributed by atoms with van der Waals surface area (Å²) < 4.78 is 0. The second kappa shape index (κ2) is 11.8. The number of aromatic nitrogens is 4. The zero-order chi connectivity index (χ0) is 26.5. The fraction of sp³-hybridized carbons (Fsp3) is 0.552. The molecule has 9 heteroatoms. The number of carbonyl (C=O) groups is 1. The summed E-state index contributed by atoms with van der Waals surface area (Å²) in [4.78, 5) is 34.4. The van der Waals surface area contributed by atoms with Crippen LogP contribution in [0.5, 0.6) is 0 Å². The van der Waals surface area contributed by atoms with Gasteiger partial charge in [-0.3, -0.25) is 14.6 Å². The zero-order valence-corrected chi connectivity index (χ0v) is 22.6. The Balaban J connectivity index is 1.21. The topological polar surface area (TPSA) is 104 Å². The van der Waals surface area contributed by atoms with Crippen molar-refractivity contribution in [1.29, 1.82) is 0 Å². The van der Waals surface area contributed by atoms with Crippen LogP contribution in [0.4, 0.5) is 0 Å². The first kappa shape index (κ1) is 26.6. The van der Waals surface area contributed by atoms with Gasteiger partial charge in [0, 0.05) is 51.0 Å². The summed E-state index contributed by atoms with van der Waals surface area (Å²) in [5, 5.41) is 10.0. The smallest absolute Gasteiger partial charge is 0.320 e. The highest BCUT2D eigenvalue weighted by Crippen LogP contribution is 2.44. The van der Waals surface area contributed by atoms with Gasteiger partial charge in [-0.05, 0) is 54.8 Å². The summed E-state index contributed by atoms with van der Waals surface area (Å²) in [6.45, 7) is 11.5. The van der Waals surface area contributed by atoms with Crippen molar-refractivity contribution in [3.05, 3.63) is 71.8 Å². The molecule has 1 spiro atoms. The SMILES string of the molecule is CC(C)CN1CCC2(CC1)C[C@H](C(=O)O)N(Cc1ccc(CN(Cc3ncc[nH]3)Cc3ncc[nH]3)cc1)C2.